The molecule has 0 saturated heterocycles. The van der Waals surface area contributed by atoms with Crippen LogP contribution in [0.3, 0.4) is 0 Å². The van der Waals surface area contributed by atoms with Crippen LogP contribution in [0.25, 0.3) is 0 Å². The van der Waals surface area contributed by atoms with Crippen LogP contribution in [0.15, 0.2) is 71.3 Å². The molecule has 0 spiro atoms. The Morgan fingerprint density at radius 1 is 1.16 bits per heavy atom. The molecule has 2 aliphatic rings. The lowest BCUT2D eigenvalue weighted by Crippen LogP contribution is -2.31. The summed E-state index contributed by atoms with van der Waals surface area (Å²) in [6, 6.07) is 13.3. The van der Waals surface area contributed by atoms with Crippen molar-refractivity contribution in [3.63, 3.8) is 0 Å². The molecule has 0 fully saturated rings. The minimum atomic E-state index is -0.676. The quantitative estimate of drug-likeness (QED) is 0.735. The average Bonchev–Trinajstić information content (AvgIpc) is 2.78. The number of ketones is 1. The third-order valence-corrected chi connectivity index (χ3v) is 5.46. The molecule has 0 bridgehead atoms. The first-order valence-corrected chi connectivity index (χ1v) is 9.97. The molecule has 0 radical (unpaired) electrons. The number of Topliss-reactive ketones (excluding diaryl/α,β-unsaturated/α-hetero) is 1. The standard InChI is InChI=1S/C24H22FNO5/c1-29-24(28)22-20(21-18(27)7-4-8-19(21)31-23(22)26)14-9-11-16(12-10-14)30-13-15-5-2-3-6-17(15)25/h2-3,5-6,9-12,20H,4,7-8,13,26H2,1H3. The first-order chi connectivity index (χ1) is 15.0. The van der Waals surface area contributed by atoms with Crippen molar-refractivity contribution >= 4 is 11.8 Å². The van der Waals surface area contributed by atoms with Crippen molar-refractivity contribution in [2.24, 2.45) is 5.73 Å². The van der Waals surface area contributed by atoms with Gasteiger partial charge in [0, 0.05) is 24.0 Å². The van der Waals surface area contributed by atoms with E-state index in [1.54, 1.807) is 42.5 Å². The van der Waals surface area contributed by atoms with Crippen molar-refractivity contribution in [1.29, 1.82) is 0 Å². The second kappa shape index (κ2) is 8.63. The number of hydrogen-bond donors (Lipinski definition) is 1. The van der Waals surface area contributed by atoms with Crippen LogP contribution in [0.5, 0.6) is 5.75 Å². The zero-order valence-corrected chi connectivity index (χ0v) is 17.0. The summed E-state index contributed by atoms with van der Waals surface area (Å²) in [5.41, 5.74) is 7.73. The number of hydrogen-bond acceptors (Lipinski definition) is 6. The Morgan fingerprint density at radius 3 is 2.61 bits per heavy atom. The van der Waals surface area contributed by atoms with Gasteiger partial charge in [0.1, 0.15) is 29.5 Å². The number of nitrogens with two attached hydrogens (primary N) is 1. The molecule has 4 rings (SSSR count). The van der Waals surface area contributed by atoms with E-state index in [4.69, 9.17) is 19.9 Å². The molecule has 1 atom stereocenters. The Bertz CT molecular complexity index is 1090. The van der Waals surface area contributed by atoms with Crippen LogP contribution in [0, 0.1) is 5.82 Å². The Hall–Kier alpha value is -3.61. The van der Waals surface area contributed by atoms with Crippen LogP contribution in [-0.2, 0) is 25.7 Å². The molecule has 31 heavy (non-hydrogen) atoms. The molecule has 0 aromatic heterocycles. The average molecular weight is 423 g/mol. The first-order valence-electron chi connectivity index (χ1n) is 9.97. The fourth-order valence-corrected chi connectivity index (χ4v) is 3.93. The van der Waals surface area contributed by atoms with Crippen LogP contribution < -0.4 is 10.5 Å². The summed E-state index contributed by atoms with van der Waals surface area (Å²) >= 11 is 0. The largest absolute Gasteiger partial charge is 0.489 e. The fraction of sp³-hybridized carbons (Fsp3) is 0.250. The van der Waals surface area contributed by atoms with Gasteiger partial charge in [-0.1, -0.05) is 30.3 Å². The van der Waals surface area contributed by atoms with Gasteiger partial charge in [-0.2, -0.15) is 0 Å². The van der Waals surface area contributed by atoms with Crippen LogP contribution in [0.4, 0.5) is 4.39 Å². The van der Waals surface area contributed by atoms with Gasteiger partial charge in [0.05, 0.1) is 13.0 Å². The van der Waals surface area contributed by atoms with Gasteiger partial charge in [0.15, 0.2) is 5.78 Å². The molecule has 0 amide bonds. The molecular formula is C24H22FNO5. The van der Waals surface area contributed by atoms with Gasteiger partial charge in [0.25, 0.3) is 0 Å². The Labute approximate surface area is 179 Å². The molecule has 1 heterocycles. The summed E-state index contributed by atoms with van der Waals surface area (Å²) in [6.07, 6.45) is 1.64. The summed E-state index contributed by atoms with van der Waals surface area (Å²) in [6.45, 7) is 0.0807. The third-order valence-electron chi connectivity index (χ3n) is 5.46. The van der Waals surface area contributed by atoms with Crippen LogP contribution in [0.1, 0.15) is 36.3 Å². The van der Waals surface area contributed by atoms with E-state index in [-0.39, 0.29) is 29.7 Å². The van der Waals surface area contributed by atoms with Gasteiger partial charge < -0.3 is 19.9 Å². The lowest BCUT2D eigenvalue weighted by Gasteiger charge is -2.32. The SMILES string of the molecule is COC(=O)C1=C(N)OC2=C(C(=O)CCC2)C1c1ccc(OCc2ccccc2F)cc1. The normalized spacial score (nSPS) is 18.4. The molecule has 1 aliphatic carbocycles. The van der Waals surface area contributed by atoms with Crippen molar-refractivity contribution in [3.8, 4) is 5.75 Å². The van der Waals surface area contributed by atoms with Gasteiger partial charge >= 0.3 is 5.97 Å². The summed E-state index contributed by atoms with van der Waals surface area (Å²) < 4.78 is 30.0. The first kappa shape index (κ1) is 20.7. The molecule has 2 aromatic rings. The predicted molar refractivity (Wildman–Crippen MR) is 110 cm³/mol. The van der Waals surface area contributed by atoms with Crippen LogP contribution in [-0.4, -0.2) is 18.9 Å². The van der Waals surface area contributed by atoms with Gasteiger partial charge in [-0.05, 0) is 30.2 Å². The lowest BCUT2D eigenvalue weighted by molar-refractivity contribution is -0.136. The van der Waals surface area contributed by atoms with Crippen molar-refractivity contribution < 1.29 is 28.2 Å². The van der Waals surface area contributed by atoms with Crippen molar-refractivity contribution in [2.45, 2.75) is 31.8 Å². The molecule has 7 heteroatoms. The highest BCUT2D eigenvalue weighted by Gasteiger charge is 2.41. The zero-order valence-electron chi connectivity index (χ0n) is 17.0. The summed E-state index contributed by atoms with van der Waals surface area (Å²) in [5.74, 6) is -0.742. The van der Waals surface area contributed by atoms with Gasteiger partial charge in [-0.3, -0.25) is 4.79 Å². The molecule has 6 nitrogen and oxygen atoms in total. The third kappa shape index (κ3) is 4.03. The predicted octanol–water partition coefficient (Wildman–Crippen LogP) is 3.87. The van der Waals surface area contributed by atoms with Crippen molar-refractivity contribution in [1.82, 2.24) is 0 Å². The van der Waals surface area contributed by atoms with E-state index in [1.807, 2.05) is 0 Å². The highest BCUT2D eigenvalue weighted by atomic mass is 19.1. The monoisotopic (exact) mass is 423 g/mol. The minimum Gasteiger partial charge on any atom is -0.489 e. The fourth-order valence-electron chi connectivity index (χ4n) is 3.93. The summed E-state index contributed by atoms with van der Waals surface area (Å²) in [5, 5.41) is 0. The number of esters is 1. The number of allylic oxidation sites excluding steroid dienone is 2. The maximum absolute atomic E-state index is 13.8. The Kier molecular flexibility index (Phi) is 5.75. The lowest BCUT2D eigenvalue weighted by atomic mass is 9.77. The molecule has 1 unspecified atom stereocenters. The molecule has 0 saturated carbocycles. The second-order valence-corrected chi connectivity index (χ2v) is 7.37. The Balaban J connectivity index is 1.64. The number of halogens is 1. The maximum atomic E-state index is 13.8. The number of benzene rings is 2. The van der Waals surface area contributed by atoms with E-state index in [0.29, 0.717) is 47.5 Å². The Morgan fingerprint density at radius 2 is 1.90 bits per heavy atom. The topological polar surface area (TPSA) is 87.9 Å². The molecule has 160 valence electrons. The van der Waals surface area contributed by atoms with Crippen LogP contribution in [0.2, 0.25) is 0 Å². The van der Waals surface area contributed by atoms with E-state index in [2.05, 4.69) is 0 Å². The maximum Gasteiger partial charge on any atom is 0.340 e. The number of carbonyl (C=O) groups excluding carboxylic acids is 2. The van der Waals surface area contributed by atoms with Crippen molar-refractivity contribution in [2.75, 3.05) is 7.11 Å². The van der Waals surface area contributed by atoms with Crippen LogP contribution >= 0.6 is 0 Å². The van der Waals surface area contributed by atoms with E-state index in [0.717, 1.165) is 0 Å². The summed E-state index contributed by atoms with van der Waals surface area (Å²) in [4.78, 5) is 25.2. The number of rotatable bonds is 5. The van der Waals surface area contributed by atoms with E-state index in [1.165, 1.54) is 13.2 Å². The molecular weight excluding hydrogens is 401 g/mol. The number of carbonyl (C=O) groups is 2. The zero-order chi connectivity index (χ0) is 22.0. The van der Waals surface area contributed by atoms with Crippen molar-refractivity contribution in [3.05, 3.63) is 88.3 Å². The van der Waals surface area contributed by atoms with E-state index >= 15 is 0 Å². The highest BCUT2D eigenvalue weighted by Crippen LogP contribution is 2.44. The second-order valence-electron chi connectivity index (χ2n) is 7.37. The summed E-state index contributed by atoms with van der Waals surface area (Å²) in [7, 11) is 1.26. The highest BCUT2D eigenvalue weighted by molar-refractivity contribution is 6.03. The molecule has 2 aromatic carbocycles. The van der Waals surface area contributed by atoms with Gasteiger partial charge in [-0.15, -0.1) is 0 Å². The smallest absolute Gasteiger partial charge is 0.340 e. The molecule has 1 aliphatic heterocycles. The number of methoxy groups -OCH3 is 1. The van der Waals surface area contributed by atoms with E-state index in [9.17, 15) is 14.0 Å². The van der Waals surface area contributed by atoms with E-state index < -0.39 is 11.9 Å². The number of ether oxygens (including phenoxy) is 3. The minimum absolute atomic E-state index is 0.0508. The van der Waals surface area contributed by atoms with Gasteiger partial charge in [0.2, 0.25) is 5.88 Å². The van der Waals surface area contributed by atoms with Gasteiger partial charge in [-0.25, -0.2) is 9.18 Å². The molecule has 2 N–H and O–H groups in total.